The Bertz CT molecular complexity index is 263. The molecule has 1 aliphatic heterocycles. The summed E-state index contributed by atoms with van der Waals surface area (Å²) in [6.45, 7) is 8.69. The molecule has 1 saturated heterocycles. The molecule has 1 atom stereocenters. The molecule has 0 radical (unpaired) electrons. The highest BCUT2D eigenvalue weighted by atomic mass is 16.3. The number of aliphatic hydroxyl groups is 1. The molecule has 1 rings (SSSR count). The van der Waals surface area contributed by atoms with Crippen LogP contribution in [0, 0.1) is 0 Å². The summed E-state index contributed by atoms with van der Waals surface area (Å²) in [4.78, 5) is 2.61. The lowest BCUT2D eigenvalue weighted by atomic mass is 9.91. The first-order chi connectivity index (χ1) is 11.1. The van der Waals surface area contributed by atoms with E-state index in [1.807, 2.05) is 6.92 Å². The third-order valence-corrected chi connectivity index (χ3v) is 5.50. The first kappa shape index (κ1) is 21.0. The lowest BCUT2D eigenvalue weighted by Crippen LogP contribution is -2.50. The Morgan fingerprint density at radius 2 is 1.39 bits per heavy atom. The van der Waals surface area contributed by atoms with Gasteiger partial charge in [0.25, 0.3) is 0 Å². The molecular formula is C21H43NO. The molecule has 0 aliphatic carbocycles. The summed E-state index contributed by atoms with van der Waals surface area (Å²) in [7, 11) is 0. The van der Waals surface area contributed by atoms with Gasteiger partial charge in [-0.3, -0.25) is 4.90 Å². The van der Waals surface area contributed by atoms with Crippen LogP contribution in [0.15, 0.2) is 0 Å². The van der Waals surface area contributed by atoms with Crippen LogP contribution < -0.4 is 0 Å². The second-order valence-corrected chi connectivity index (χ2v) is 8.13. The normalized spacial score (nSPS) is 22.8. The highest BCUT2D eigenvalue weighted by Gasteiger charge is 2.31. The minimum absolute atomic E-state index is 0.457. The monoisotopic (exact) mass is 325 g/mol. The summed E-state index contributed by atoms with van der Waals surface area (Å²) in [5, 5.41) is 10.4. The molecule has 0 spiro atoms. The fourth-order valence-electron chi connectivity index (χ4n) is 4.05. The standard InChI is InChI=1S/C21H43NO/c1-4-6-8-10-12-15-20(16-13-11-9-7-5-2)22-18-14-17-21(3,23)19-22/h20,23H,4-19H2,1-3H3/t21-/m1/s1. The van der Waals surface area contributed by atoms with Gasteiger partial charge in [-0.15, -0.1) is 0 Å². The topological polar surface area (TPSA) is 23.5 Å². The van der Waals surface area contributed by atoms with Gasteiger partial charge in [-0.25, -0.2) is 0 Å². The summed E-state index contributed by atoms with van der Waals surface area (Å²) in [5.74, 6) is 0. The van der Waals surface area contributed by atoms with Crippen molar-refractivity contribution in [1.82, 2.24) is 4.90 Å². The number of unbranched alkanes of at least 4 members (excludes halogenated alkanes) is 8. The van der Waals surface area contributed by atoms with Crippen LogP contribution in [-0.2, 0) is 0 Å². The summed E-state index contributed by atoms with van der Waals surface area (Å²) >= 11 is 0. The van der Waals surface area contributed by atoms with Gasteiger partial charge in [0.05, 0.1) is 5.60 Å². The molecule has 0 amide bonds. The van der Waals surface area contributed by atoms with Crippen molar-refractivity contribution in [2.75, 3.05) is 13.1 Å². The number of likely N-dealkylation sites (tertiary alicyclic amines) is 1. The Balaban J connectivity index is 2.37. The summed E-state index contributed by atoms with van der Waals surface area (Å²) in [5.41, 5.74) is -0.457. The van der Waals surface area contributed by atoms with Crippen molar-refractivity contribution in [3.05, 3.63) is 0 Å². The fraction of sp³-hybridized carbons (Fsp3) is 1.00. The van der Waals surface area contributed by atoms with Gasteiger partial charge in [0, 0.05) is 12.6 Å². The van der Waals surface area contributed by atoms with Crippen LogP contribution in [-0.4, -0.2) is 34.7 Å². The molecule has 23 heavy (non-hydrogen) atoms. The van der Waals surface area contributed by atoms with E-state index < -0.39 is 5.60 Å². The van der Waals surface area contributed by atoms with Gasteiger partial charge in [0.2, 0.25) is 0 Å². The highest BCUT2D eigenvalue weighted by molar-refractivity contribution is 4.86. The molecule has 0 unspecified atom stereocenters. The Morgan fingerprint density at radius 1 is 0.870 bits per heavy atom. The molecule has 0 aromatic carbocycles. The molecule has 138 valence electrons. The van der Waals surface area contributed by atoms with Crippen molar-refractivity contribution in [2.24, 2.45) is 0 Å². The van der Waals surface area contributed by atoms with Crippen LogP contribution in [0.4, 0.5) is 0 Å². The van der Waals surface area contributed by atoms with Gasteiger partial charge in [-0.05, 0) is 39.2 Å². The predicted molar refractivity (Wildman–Crippen MR) is 102 cm³/mol. The van der Waals surface area contributed by atoms with Gasteiger partial charge < -0.3 is 5.11 Å². The van der Waals surface area contributed by atoms with Gasteiger partial charge in [-0.1, -0.05) is 78.1 Å². The lowest BCUT2D eigenvalue weighted by Gasteiger charge is -2.41. The second kappa shape index (κ2) is 12.3. The third-order valence-electron chi connectivity index (χ3n) is 5.50. The molecule has 0 aromatic rings. The van der Waals surface area contributed by atoms with E-state index in [0.29, 0.717) is 6.04 Å². The maximum Gasteiger partial charge on any atom is 0.0746 e. The minimum atomic E-state index is -0.457. The van der Waals surface area contributed by atoms with Crippen molar-refractivity contribution >= 4 is 0 Å². The SMILES string of the molecule is CCCCCCCC(CCCCCCC)N1CCC[C@@](C)(O)C1. The number of hydrogen-bond acceptors (Lipinski definition) is 2. The Morgan fingerprint density at radius 3 is 1.87 bits per heavy atom. The van der Waals surface area contributed by atoms with Crippen molar-refractivity contribution in [3.8, 4) is 0 Å². The van der Waals surface area contributed by atoms with E-state index in [4.69, 9.17) is 0 Å². The predicted octanol–water partition coefficient (Wildman–Crippen LogP) is 5.92. The highest BCUT2D eigenvalue weighted by Crippen LogP contribution is 2.26. The summed E-state index contributed by atoms with van der Waals surface area (Å²) in [6.07, 6.45) is 18.6. The van der Waals surface area contributed by atoms with Gasteiger partial charge in [-0.2, -0.15) is 0 Å². The van der Waals surface area contributed by atoms with Crippen LogP contribution in [0.3, 0.4) is 0 Å². The van der Waals surface area contributed by atoms with Gasteiger partial charge >= 0.3 is 0 Å². The van der Waals surface area contributed by atoms with Gasteiger partial charge in [0.15, 0.2) is 0 Å². The van der Waals surface area contributed by atoms with Gasteiger partial charge in [0.1, 0.15) is 0 Å². The number of β-amino-alcohol motifs (C(OH)–C–C–N with tert-alkyl or cyclic N) is 1. The van der Waals surface area contributed by atoms with Crippen LogP contribution in [0.25, 0.3) is 0 Å². The average molecular weight is 326 g/mol. The molecule has 0 bridgehead atoms. The largest absolute Gasteiger partial charge is 0.389 e. The molecule has 0 saturated carbocycles. The summed E-state index contributed by atoms with van der Waals surface area (Å²) in [6, 6.07) is 0.713. The molecule has 2 nitrogen and oxygen atoms in total. The number of rotatable bonds is 13. The van der Waals surface area contributed by atoms with Crippen molar-refractivity contribution < 1.29 is 5.11 Å². The van der Waals surface area contributed by atoms with E-state index in [2.05, 4.69) is 18.7 Å². The zero-order valence-electron chi connectivity index (χ0n) is 16.3. The Kier molecular flexibility index (Phi) is 11.2. The number of hydrogen-bond donors (Lipinski definition) is 1. The van der Waals surface area contributed by atoms with Crippen LogP contribution in [0.1, 0.15) is 111 Å². The van der Waals surface area contributed by atoms with E-state index in [0.717, 1.165) is 19.4 Å². The molecular weight excluding hydrogens is 282 g/mol. The zero-order valence-corrected chi connectivity index (χ0v) is 16.3. The second-order valence-electron chi connectivity index (χ2n) is 8.13. The smallest absolute Gasteiger partial charge is 0.0746 e. The van der Waals surface area contributed by atoms with E-state index in [1.165, 1.54) is 83.6 Å². The Labute approximate surface area is 146 Å². The molecule has 1 heterocycles. The summed E-state index contributed by atoms with van der Waals surface area (Å²) < 4.78 is 0. The average Bonchev–Trinajstić information content (AvgIpc) is 2.51. The zero-order chi connectivity index (χ0) is 17.0. The molecule has 1 N–H and O–H groups in total. The first-order valence-corrected chi connectivity index (χ1v) is 10.6. The van der Waals surface area contributed by atoms with E-state index >= 15 is 0 Å². The number of piperidine rings is 1. The molecule has 2 heteroatoms. The fourth-order valence-corrected chi connectivity index (χ4v) is 4.05. The quantitative estimate of drug-likeness (QED) is 0.425. The molecule has 1 fully saturated rings. The maximum absolute atomic E-state index is 10.4. The van der Waals surface area contributed by atoms with Crippen LogP contribution in [0.5, 0.6) is 0 Å². The molecule has 0 aromatic heterocycles. The van der Waals surface area contributed by atoms with Crippen LogP contribution >= 0.6 is 0 Å². The van der Waals surface area contributed by atoms with E-state index in [9.17, 15) is 5.11 Å². The van der Waals surface area contributed by atoms with Crippen LogP contribution in [0.2, 0.25) is 0 Å². The van der Waals surface area contributed by atoms with E-state index in [1.54, 1.807) is 0 Å². The maximum atomic E-state index is 10.4. The number of nitrogens with zero attached hydrogens (tertiary/aromatic N) is 1. The van der Waals surface area contributed by atoms with Crippen molar-refractivity contribution in [3.63, 3.8) is 0 Å². The minimum Gasteiger partial charge on any atom is -0.389 e. The lowest BCUT2D eigenvalue weighted by molar-refractivity contribution is -0.0329. The van der Waals surface area contributed by atoms with E-state index in [-0.39, 0.29) is 0 Å². The van der Waals surface area contributed by atoms with Crippen molar-refractivity contribution in [2.45, 2.75) is 122 Å². The third kappa shape index (κ3) is 9.72. The van der Waals surface area contributed by atoms with Crippen molar-refractivity contribution in [1.29, 1.82) is 0 Å². The molecule has 1 aliphatic rings. The first-order valence-electron chi connectivity index (χ1n) is 10.6. The Hall–Kier alpha value is -0.0800.